The Kier molecular flexibility index (Phi) is 13.7. The van der Waals surface area contributed by atoms with Gasteiger partial charge < -0.3 is 30.9 Å². The maximum atomic E-state index is 10.6. The first-order chi connectivity index (χ1) is 17.5. The van der Waals surface area contributed by atoms with E-state index in [9.17, 15) is 38.9 Å². The summed E-state index contributed by atoms with van der Waals surface area (Å²) >= 11 is 16.7. The molecule has 0 aliphatic carbocycles. The molecule has 40 heavy (non-hydrogen) atoms. The Morgan fingerprint density at radius 3 is 0.825 bits per heavy atom. The van der Waals surface area contributed by atoms with Crippen molar-refractivity contribution in [2.24, 2.45) is 0 Å². The van der Waals surface area contributed by atoms with Crippen LogP contribution in [-0.4, -0.2) is 38.9 Å². The van der Waals surface area contributed by atoms with Crippen LogP contribution in [0.15, 0.2) is 51.1 Å². The first kappa shape index (κ1) is 38.2. The van der Waals surface area contributed by atoms with E-state index in [0.717, 1.165) is 18.2 Å². The number of benzene rings is 3. The molecule has 0 aliphatic rings. The third-order valence-electron chi connectivity index (χ3n) is 4.90. The number of hydrogen-bond acceptors (Lipinski definition) is 12. The summed E-state index contributed by atoms with van der Waals surface area (Å²) in [5.74, 6) is 0. The first-order valence-electron chi connectivity index (χ1n) is 10.0. The zero-order valence-corrected chi connectivity index (χ0v) is 26.3. The standard InChI is InChI=1S/3C7H8ClNO3S.Ni/c3*1-4-2-3-5(13(10,11)12)6(8)7(4)9;/h3*2-3H,9H2,1H3,(H,10,11,12);/q;;;+3/p-3. The molecule has 0 saturated heterocycles. The Balaban J connectivity index is 0.000000563. The number of nitrogens with two attached hydrogens (primary N) is 3. The van der Waals surface area contributed by atoms with E-state index < -0.39 is 45.0 Å². The quantitative estimate of drug-likeness (QED) is 0.200. The van der Waals surface area contributed by atoms with E-state index in [2.05, 4.69) is 0 Å². The van der Waals surface area contributed by atoms with Crippen molar-refractivity contribution >= 4 is 82.2 Å². The Hall–Kier alpha value is -1.85. The second-order valence-electron chi connectivity index (χ2n) is 7.69. The molecule has 1 radical (unpaired) electrons. The van der Waals surface area contributed by atoms with Crippen molar-refractivity contribution in [1.82, 2.24) is 0 Å². The molecule has 0 heterocycles. The summed E-state index contributed by atoms with van der Waals surface area (Å²) in [6.45, 7) is 5.01. The number of rotatable bonds is 3. The van der Waals surface area contributed by atoms with Gasteiger partial charge in [0.25, 0.3) is 0 Å². The summed E-state index contributed by atoms with van der Waals surface area (Å²) in [5.41, 5.74) is 18.6. The van der Waals surface area contributed by atoms with Crippen LogP contribution >= 0.6 is 34.8 Å². The van der Waals surface area contributed by atoms with Crippen LogP contribution in [0.25, 0.3) is 0 Å². The maximum absolute atomic E-state index is 10.6. The smallest absolute Gasteiger partial charge is 0.744 e. The Morgan fingerprint density at radius 2 is 0.675 bits per heavy atom. The van der Waals surface area contributed by atoms with Crippen molar-refractivity contribution in [3.63, 3.8) is 0 Å². The SMILES string of the molecule is Cc1ccc(S(=O)(=O)[O-])c(Cl)c1N.Cc1ccc(S(=O)(=O)[O-])c(Cl)c1N.Cc1ccc(S(=O)(=O)[O-])c(Cl)c1N.[Ni+3]. The summed E-state index contributed by atoms with van der Waals surface area (Å²) in [7, 11) is -13.6. The Bertz CT molecular complexity index is 1530. The second kappa shape index (κ2) is 14.4. The molecule has 0 amide bonds. The predicted octanol–water partition coefficient (Wildman–Crippen LogP) is 3.40. The van der Waals surface area contributed by atoms with Crippen LogP contribution in [0.5, 0.6) is 0 Å². The van der Waals surface area contributed by atoms with Gasteiger partial charge in [-0.15, -0.1) is 0 Å². The van der Waals surface area contributed by atoms with Crippen LogP contribution < -0.4 is 17.2 Å². The molecule has 0 bridgehead atoms. The number of aryl methyl sites for hydroxylation is 3. The zero-order valence-electron chi connectivity index (χ0n) is 20.5. The average Bonchev–Trinajstić information content (AvgIpc) is 2.78. The van der Waals surface area contributed by atoms with E-state index in [4.69, 9.17) is 52.0 Å². The van der Waals surface area contributed by atoms with Gasteiger partial charge in [0.15, 0.2) is 0 Å². The van der Waals surface area contributed by atoms with Gasteiger partial charge in [0, 0.05) is 0 Å². The van der Waals surface area contributed by atoms with Gasteiger partial charge in [0.1, 0.15) is 30.4 Å². The summed E-state index contributed by atoms with van der Waals surface area (Å²) in [5, 5.41) is -0.597. The Morgan fingerprint density at radius 1 is 0.500 bits per heavy atom. The summed E-state index contributed by atoms with van der Waals surface area (Å²) in [6, 6.07) is 7.76. The van der Waals surface area contributed by atoms with E-state index in [1.165, 1.54) is 18.2 Å². The minimum Gasteiger partial charge on any atom is -0.744 e. The minimum atomic E-state index is -4.53. The second-order valence-corrected chi connectivity index (χ2v) is 12.9. The average molecular weight is 721 g/mol. The first-order valence-corrected chi connectivity index (χ1v) is 15.4. The molecular weight excluding hydrogens is 699 g/mol. The molecule has 3 aromatic rings. The maximum Gasteiger partial charge on any atom is 3.00 e. The molecule has 3 rings (SSSR count). The van der Waals surface area contributed by atoms with E-state index in [1.807, 2.05) is 0 Å². The van der Waals surface area contributed by atoms with Crippen LogP contribution in [0.1, 0.15) is 16.7 Å². The molecule has 0 aromatic heterocycles. The molecule has 19 heteroatoms. The normalized spacial score (nSPS) is 11.3. The van der Waals surface area contributed by atoms with Crippen molar-refractivity contribution in [2.75, 3.05) is 17.2 Å². The van der Waals surface area contributed by atoms with Crippen LogP contribution in [0.4, 0.5) is 17.1 Å². The van der Waals surface area contributed by atoms with E-state index in [0.29, 0.717) is 16.7 Å². The van der Waals surface area contributed by atoms with Crippen molar-refractivity contribution < 1.29 is 55.4 Å². The molecule has 0 atom stereocenters. The molecule has 6 N–H and O–H groups in total. The van der Waals surface area contributed by atoms with Gasteiger partial charge >= 0.3 is 16.5 Å². The number of anilines is 3. The summed E-state index contributed by atoms with van der Waals surface area (Å²) in [6.07, 6.45) is 0. The minimum absolute atomic E-state index is 0. The van der Waals surface area contributed by atoms with Crippen LogP contribution in [-0.2, 0) is 46.8 Å². The van der Waals surface area contributed by atoms with E-state index in [1.54, 1.807) is 20.8 Å². The van der Waals surface area contributed by atoms with Crippen molar-refractivity contribution in [3.8, 4) is 0 Å². The van der Waals surface area contributed by atoms with Crippen LogP contribution in [0.2, 0.25) is 15.1 Å². The van der Waals surface area contributed by atoms with Crippen LogP contribution in [0, 0.1) is 20.8 Å². The van der Waals surface area contributed by atoms with E-state index >= 15 is 0 Å². The molecule has 0 fully saturated rings. The molecule has 223 valence electrons. The van der Waals surface area contributed by atoms with Crippen LogP contribution in [0.3, 0.4) is 0 Å². The number of nitrogen functional groups attached to an aromatic ring is 3. The van der Waals surface area contributed by atoms with Gasteiger partial charge in [0.2, 0.25) is 0 Å². The van der Waals surface area contributed by atoms with Gasteiger partial charge in [-0.25, -0.2) is 25.3 Å². The zero-order chi connectivity index (χ0) is 30.7. The Labute approximate surface area is 257 Å². The van der Waals surface area contributed by atoms with Crippen molar-refractivity contribution in [2.45, 2.75) is 35.5 Å². The summed E-state index contributed by atoms with van der Waals surface area (Å²) in [4.78, 5) is -1.42. The molecule has 0 unspecified atom stereocenters. The fraction of sp³-hybridized carbons (Fsp3) is 0.143. The van der Waals surface area contributed by atoms with Gasteiger partial charge in [-0.2, -0.15) is 0 Å². The van der Waals surface area contributed by atoms with Crippen molar-refractivity contribution in [3.05, 3.63) is 68.2 Å². The largest absolute Gasteiger partial charge is 3.00 e. The third kappa shape index (κ3) is 9.91. The molecule has 12 nitrogen and oxygen atoms in total. The van der Waals surface area contributed by atoms with E-state index in [-0.39, 0.29) is 48.6 Å². The summed E-state index contributed by atoms with van der Waals surface area (Å²) < 4.78 is 95.6. The molecule has 0 aliphatic heterocycles. The molecule has 3 aromatic carbocycles. The molecule has 0 saturated carbocycles. The molecule has 0 spiro atoms. The van der Waals surface area contributed by atoms with Crippen molar-refractivity contribution in [1.29, 1.82) is 0 Å². The fourth-order valence-corrected chi connectivity index (χ4v) is 5.77. The molecular formula is C21H21Cl3N3NiO9S3. The van der Waals surface area contributed by atoms with Gasteiger partial charge in [0.05, 0.1) is 46.8 Å². The number of halogens is 3. The van der Waals surface area contributed by atoms with Gasteiger partial charge in [-0.05, 0) is 55.7 Å². The van der Waals surface area contributed by atoms with Gasteiger partial charge in [-0.3, -0.25) is 0 Å². The van der Waals surface area contributed by atoms with Gasteiger partial charge in [-0.1, -0.05) is 53.0 Å². The predicted molar refractivity (Wildman–Crippen MR) is 146 cm³/mol. The fourth-order valence-electron chi connectivity index (χ4n) is 2.59. The third-order valence-corrected chi connectivity index (χ3v) is 9.09. The topological polar surface area (TPSA) is 250 Å². The number of hydrogen-bond donors (Lipinski definition) is 3. The monoisotopic (exact) mass is 718 g/mol.